The molecule has 0 aliphatic carbocycles. The Labute approximate surface area is 185 Å². The minimum Gasteiger partial charge on any atom is -0.394 e. The topological polar surface area (TPSA) is 117 Å². The third-order valence-electron chi connectivity index (χ3n) is 4.56. The van der Waals surface area contributed by atoms with Gasteiger partial charge in [-0.3, -0.25) is 4.72 Å². The van der Waals surface area contributed by atoms with Crippen LogP contribution >= 0.6 is 0 Å². The zero-order valence-electron chi connectivity index (χ0n) is 18.3. The molecule has 2 atom stereocenters. The summed E-state index contributed by atoms with van der Waals surface area (Å²) in [5.41, 5.74) is -0.0847. The molecule has 12 heteroatoms. The molecule has 3 N–H and O–H groups in total. The van der Waals surface area contributed by atoms with Crippen LogP contribution in [-0.2, 0) is 22.6 Å². The molecule has 2 rings (SSSR count). The minimum atomic E-state index is -4.41. The van der Waals surface area contributed by atoms with Crippen molar-refractivity contribution >= 4 is 21.9 Å². The lowest BCUT2D eigenvalue weighted by atomic mass is 9.96. The second-order valence-corrected chi connectivity index (χ2v) is 9.90. The van der Waals surface area contributed by atoms with Crippen LogP contribution in [0.15, 0.2) is 24.3 Å². The average Bonchev–Trinajstić information content (AvgIpc) is 2.65. The molecule has 0 radical (unpaired) electrons. The van der Waals surface area contributed by atoms with Gasteiger partial charge in [0, 0.05) is 6.42 Å². The van der Waals surface area contributed by atoms with E-state index in [-0.39, 0.29) is 48.6 Å². The number of nitrogens with one attached hydrogen (secondary N) is 2. The summed E-state index contributed by atoms with van der Waals surface area (Å²) >= 11 is 0. The first-order valence-corrected chi connectivity index (χ1v) is 11.9. The van der Waals surface area contributed by atoms with Gasteiger partial charge in [-0.05, 0) is 36.0 Å². The van der Waals surface area contributed by atoms with E-state index in [1.807, 2.05) is 13.8 Å². The number of aliphatic hydroxyl groups excluding tert-OH is 1. The SMILES string of the molecule is CC(C)CC(CO)Nc1nc(CC(C)c2ccc(C(F)(F)F)cc2)nc(NS(C)(=O)=O)n1. The van der Waals surface area contributed by atoms with Crippen LogP contribution < -0.4 is 10.0 Å². The van der Waals surface area contributed by atoms with Crippen molar-refractivity contribution in [1.82, 2.24) is 15.0 Å². The second-order valence-electron chi connectivity index (χ2n) is 8.15. The number of aliphatic hydroxyl groups is 1. The van der Waals surface area contributed by atoms with E-state index in [4.69, 9.17) is 0 Å². The number of sulfonamides is 1. The fourth-order valence-corrected chi connectivity index (χ4v) is 3.53. The summed E-state index contributed by atoms with van der Waals surface area (Å²) in [5.74, 6) is 0.209. The predicted octanol–water partition coefficient (Wildman–Crippen LogP) is 3.43. The number of rotatable bonds is 10. The van der Waals surface area contributed by atoms with Crippen LogP contribution in [0, 0.1) is 5.92 Å². The van der Waals surface area contributed by atoms with Crippen molar-refractivity contribution in [3.63, 3.8) is 0 Å². The highest BCUT2D eigenvalue weighted by atomic mass is 32.2. The first kappa shape index (κ1) is 25.8. The van der Waals surface area contributed by atoms with Crippen LogP contribution in [0.4, 0.5) is 25.1 Å². The van der Waals surface area contributed by atoms with Crippen molar-refractivity contribution in [2.75, 3.05) is 22.9 Å². The minimum absolute atomic E-state index is 0.0977. The maximum atomic E-state index is 12.8. The molecule has 0 saturated carbocycles. The highest BCUT2D eigenvalue weighted by Crippen LogP contribution is 2.30. The molecule has 8 nitrogen and oxygen atoms in total. The highest BCUT2D eigenvalue weighted by Gasteiger charge is 2.30. The quantitative estimate of drug-likeness (QED) is 0.482. The van der Waals surface area contributed by atoms with Crippen LogP contribution in [0.1, 0.15) is 50.1 Å². The van der Waals surface area contributed by atoms with Crippen LogP contribution in [0.5, 0.6) is 0 Å². The smallest absolute Gasteiger partial charge is 0.394 e. The summed E-state index contributed by atoms with van der Waals surface area (Å²) in [7, 11) is -3.65. The Bertz CT molecular complexity index is 999. The number of hydrogen-bond acceptors (Lipinski definition) is 7. The molecular weight excluding hydrogens is 447 g/mol. The molecule has 0 spiro atoms. The van der Waals surface area contributed by atoms with Crippen LogP contribution in [0.25, 0.3) is 0 Å². The fraction of sp³-hybridized carbons (Fsp3) is 0.550. The molecule has 0 saturated heterocycles. The van der Waals surface area contributed by atoms with Gasteiger partial charge in [-0.1, -0.05) is 32.9 Å². The fourth-order valence-electron chi connectivity index (χ4n) is 3.11. The van der Waals surface area contributed by atoms with Crippen LogP contribution in [0.2, 0.25) is 0 Å². The third kappa shape index (κ3) is 8.23. The Morgan fingerprint density at radius 3 is 2.12 bits per heavy atom. The number of halogens is 3. The second kappa shape index (κ2) is 10.4. The van der Waals surface area contributed by atoms with E-state index >= 15 is 0 Å². The highest BCUT2D eigenvalue weighted by molar-refractivity contribution is 7.91. The van der Waals surface area contributed by atoms with E-state index in [0.717, 1.165) is 18.4 Å². The van der Waals surface area contributed by atoms with Crippen molar-refractivity contribution in [2.45, 2.75) is 51.7 Å². The van der Waals surface area contributed by atoms with E-state index in [1.165, 1.54) is 12.1 Å². The molecule has 0 fully saturated rings. The molecule has 0 aliphatic rings. The third-order valence-corrected chi connectivity index (χ3v) is 5.12. The van der Waals surface area contributed by atoms with Crippen molar-refractivity contribution in [2.24, 2.45) is 5.92 Å². The Kier molecular flexibility index (Phi) is 8.41. The molecule has 2 unspecified atom stereocenters. The first-order chi connectivity index (χ1) is 14.8. The Morgan fingerprint density at radius 2 is 1.62 bits per heavy atom. The summed E-state index contributed by atoms with van der Waals surface area (Å²) in [4.78, 5) is 12.5. The number of alkyl halides is 3. The molecule has 1 heterocycles. The van der Waals surface area contributed by atoms with Crippen molar-refractivity contribution in [1.29, 1.82) is 0 Å². The van der Waals surface area contributed by atoms with Gasteiger partial charge in [-0.2, -0.15) is 28.1 Å². The molecule has 0 bridgehead atoms. The summed E-state index contributed by atoms with van der Waals surface area (Å²) in [6, 6.07) is 4.48. The van der Waals surface area contributed by atoms with Gasteiger partial charge in [0.2, 0.25) is 21.9 Å². The summed E-state index contributed by atoms with van der Waals surface area (Å²) in [5, 5.41) is 12.6. The van der Waals surface area contributed by atoms with Gasteiger partial charge in [0.05, 0.1) is 24.5 Å². The van der Waals surface area contributed by atoms with Gasteiger partial charge in [-0.15, -0.1) is 0 Å². The number of hydrogen-bond donors (Lipinski definition) is 3. The maximum absolute atomic E-state index is 12.8. The van der Waals surface area contributed by atoms with Gasteiger partial charge in [-0.25, -0.2) is 8.42 Å². The summed E-state index contributed by atoms with van der Waals surface area (Å²) in [6.07, 6.45) is -2.59. The van der Waals surface area contributed by atoms with E-state index < -0.39 is 21.8 Å². The standard InChI is InChI=1S/C20H28F3N5O3S/c1-12(2)9-16(11-29)24-18-25-17(26-19(27-18)28-32(4,30)31)10-13(3)14-5-7-15(8-6-14)20(21,22)23/h5-8,12-13,16,29H,9-11H2,1-4H3,(H2,24,25,26,27,28). The number of anilines is 2. The van der Waals surface area contributed by atoms with E-state index in [9.17, 15) is 26.7 Å². The molecule has 0 aliphatic heterocycles. The molecule has 1 aromatic carbocycles. The molecule has 32 heavy (non-hydrogen) atoms. The summed E-state index contributed by atoms with van der Waals surface area (Å²) < 4.78 is 63.9. The van der Waals surface area contributed by atoms with E-state index in [2.05, 4.69) is 25.0 Å². The molecule has 2 aromatic rings. The molecule has 178 valence electrons. The van der Waals surface area contributed by atoms with E-state index in [0.29, 0.717) is 12.0 Å². The number of nitrogens with zero attached hydrogens (tertiary/aromatic N) is 3. The zero-order chi connectivity index (χ0) is 24.1. The largest absolute Gasteiger partial charge is 0.416 e. The lowest BCUT2D eigenvalue weighted by Crippen LogP contribution is -2.27. The van der Waals surface area contributed by atoms with Crippen molar-refractivity contribution in [3.8, 4) is 0 Å². The Balaban J connectivity index is 2.29. The lowest BCUT2D eigenvalue weighted by Gasteiger charge is -2.19. The van der Waals surface area contributed by atoms with Gasteiger partial charge in [0.1, 0.15) is 5.82 Å². The van der Waals surface area contributed by atoms with Crippen molar-refractivity contribution < 1.29 is 26.7 Å². The van der Waals surface area contributed by atoms with Gasteiger partial charge in [0.25, 0.3) is 0 Å². The van der Waals surface area contributed by atoms with Gasteiger partial charge in [0.15, 0.2) is 0 Å². The predicted molar refractivity (Wildman–Crippen MR) is 116 cm³/mol. The Morgan fingerprint density at radius 1 is 1.03 bits per heavy atom. The zero-order valence-corrected chi connectivity index (χ0v) is 19.1. The number of aromatic nitrogens is 3. The van der Waals surface area contributed by atoms with E-state index in [1.54, 1.807) is 6.92 Å². The molecule has 1 aromatic heterocycles. The molecular formula is C20H28F3N5O3S. The van der Waals surface area contributed by atoms with Crippen molar-refractivity contribution in [3.05, 3.63) is 41.2 Å². The number of benzene rings is 1. The van der Waals surface area contributed by atoms with Gasteiger partial charge < -0.3 is 10.4 Å². The molecule has 0 amide bonds. The maximum Gasteiger partial charge on any atom is 0.416 e. The van der Waals surface area contributed by atoms with Crippen LogP contribution in [-0.4, -0.2) is 47.4 Å². The average molecular weight is 476 g/mol. The lowest BCUT2D eigenvalue weighted by molar-refractivity contribution is -0.137. The Hall–Kier alpha value is -2.47. The summed E-state index contributed by atoms with van der Waals surface area (Å²) in [6.45, 7) is 5.62. The van der Waals surface area contributed by atoms with Gasteiger partial charge >= 0.3 is 6.18 Å². The first-order valence-electron chi connectivity index (χ1n) is 10.0. The normalized spacial score (nSPS) is 14.3. The van der Waals surface area contributed by atoms with Crippen LogP contribution in [0.3, 0.4) is 0 Å². The monoisotopic (exact) mass is 475 g/mol.